The van der Waals surface area contributed by atoms with Crippen molar-refractivity contribution in [1.29, 1.82) is 0 Å². The highest BCUT2D eigenvalue weighted by molar-refractivity contribution is 7.91. The first kappa shape index (κ1) is 9.51. The van der Waals surface area contributed by atoms with Crippen molar-refractivity contribution < 1.29 is 13.5 Å². The molecule has 1 aromatic carbocycles. The minimum absolute atomic E-state index is 0.0781. The summed E-state index contributed by atoms with van der Waals surface area (Å²) in [4.78, 5) is 0.0781. The summed E-state index contributed by atoms with van der Waals surface area (Å²) in [6, 6.07) is 5.63. The van der Waals surface area contributed by atoms with Crippen LogP contribution < -0.4 is 0 Å². The largest absolute Gasteiger partial charge is 0.380 e. The van der Waals surface area contributed by atoms with Gasteiger partial charge in [-0.05, 0) is 24.3 Å². The highest BCUT2D eigenvalue weighted by Gasteiger charge is 2.11. The maximum Gasteiger partial charge on any atom is 0.202 e. The van der Waals surface area contributed by atoms with Gasteiger partial charge in [0.1, 0.15) is 5.94 Å². The van der Waals surface area contributed by atoms with Crippen LogP contribution in [0.2, 0.25) is 5.02 Å². The molecule has 0 spiro atoms. The van der Waals surface area contributed by atoms with E-state index in [-0.39, 0.29) is 4.90 Å². The second-order valence-electron chi connectivity index (χ2n) is 2.20. The molecule has 1 aromatic rings. The summed E-state index contributed by atoms with van der Waals surface area (Å²) in [5, 5.41) is 8.96. The first-order valence-electron chi connectivity index (χ1n) is 3.15. The Morgan fingerprint density at radius 1 is 1.25 bits per heavy atom. The molecule has 3 nitrogen and oxygen atoms in total. The van der Waals surface area contributed by atoms with E-state index in [9.17, 15) is 8.42 Å². The van der Waals surface area contributed by atoms with Crippen LogP contribution in [0.1, 0.15) is 0 Å². The van der Waals surface area contributed by atoms with Gasteiger partial charge in [-0.3, -0.25) is 0 Å². The summed E-state index contributed by atoms with van der Waals surface area (Å²) in [6.45, 7) is 0. The molecule has 0 fully saturated rings. The number of halogens is 1. The Balaban J connectivity index is 3.14. The molecule has 0 unspecified atom stereocenters. The minimum Gasteiger partial charge on any atom is -0.380 e. The second kappa shape index (κ2) is 3.43. The Morgan fingerprint density at radius 3 is 2.17 bits per heavy atom. The van der Waals surface area contributed by atoms with Crippen LogP contribution in [0.15, 0.2) is 29.2 Å². The zero-order valence-electron chi connectivity index (χ0n) is 6.07. The Morgan fingerprint density at radius 2 is 1.75 bits per heavy atom. The zero-order chi connectivity index (χ0) is 9.19. The van der Waals surface area contributed by atoms with E-state index in [0.717, 1.165) is 0 Å². The summed E-state index contributed by atoms with van der Waals surface area (Å²) in [6.07, 6.45) is 0. The summed E-state index contributed by atoms with van der Waals surface area (Å²) < 4.78 is 22.0. The number of rotatable bonds is 2. The third kappa shape index (κ3) is 1.97. The number of aliphatic hydroxyl groups excluding tert-OH is 1. The van der Waals surface area contributed by atoms with Crippen LogP contribution in [0.3, 0.4) is 0 Å². The maximum absolute atomic E-state index is 11.0. The third-order valence-corrected chi connectivity index (χ3v) is 2.93. The summed E-state index contributed by atoms with van der Waals surface area (Å²) in [5.41, 5.74) is 0. The number of benzene rings is 1. The van der Waals surface area contributed by atoms with Crippen LogP contribution in [-0.2, 0) is 9.84 Å². The van der Waals surface area contributed by atoms with E-state index in [2.05, 4.69) is 0 Å². The molecule has 0 bridgehead atoms. The van der Waals surface area contributed by atoms with Gasteiger partial charge in [0.25, 0.3) is 0 Å². The molecule has 1 N–H and O–H groups in total. The molecule has 0 aliphatic carbocycles. The van der Waals surface area contributed by atoms with Crippen molar-refractivity contribution in [2.24, 2.45) is 0 Å². The van der Waals surface area contributed by atoms with E-state index >= 15 is 0 Å². The highest BCUT2D eigenvalue weighted by atomic mass is 35.5. The van der Waals surface area contributed by atoms with E-state index in [1.165, 1.54) is 24.3 Å². The van der Waals surface area contributed by atoms with Gasteiger partial charge >= 0.3 is 0 Å². The lowest BCUT2D eigenvalue weighted by Crippen LogP contribution is -2.05. The molecule has 0 aromatic heterocycles. The molecular formula is C7H7ClO3S. The second-order valence-corrected chi connectivity index (χ2v) is 4.59. The molecule has 0 atom stereocenters. The number of sulfone groups is 1. The average molecular weight is 207 g/mol. The van der Waals surface area contributed by atoms with E-state index < -0.39 is 15.8 Å². The van der Waals surface area contributed by atoms with Crippen molar-refractivity contribution >= 4 is 21.4 Å². The smallest absolute Gasteiger partial charge is 0.202 e. The van der Waals surface area contributed by atoms with E-state index in [4.69, 9.17) is 16.7 Å². The van der Waals surface area contributed by atoms with Crippen LogP contribution in [0.25, 0.3) is 0 Å². The van der Waals surface area contributed by atoms with Crippen LogP contribution in [-0.4, -0.2) is 19.5 Å². The van der Waals surface area contributed by atoms with Gasteiger partial charge in [0.15, 0.2) is 0 Å². The summed E-state index contributed by atoms with van der Waals surface area (Å²) >= 11 is 5.55. The fourth-order valence-electron chi connectivity index (χ4n) is 0.716. The van der Waals surface area contributed by atoms with E-state index in [0.29, 0.717) is 5.02 Å². The minimum atomic E-state index is -3.52. The lowest BCUT2D eigenvalue weighted by atomic mass is 10.4. The van der Waals surface area contributed by atoms with Crippen LogP contribution in [0.4, 0.5) is 0 Å². The maximum atomic E-state index is 11.0. The summed E-state index contributed by atoms with van der Waals surface area (Å²) in [7, 11) is -3.52. The monoisotopic (exact) mass is 206 g/mol. The van der Waals surface area contributed by atoms with Crippen LogP contribution in [0.5, 0.6) is 0 Å². The van der Waals surface area contributed by atoms with Crippen molar-refractivity contribution in [1.82, 2.24) is 0 Å². The molecule has 0 aliphatic heterocycles. The summed E-state index contributed by atoms with van der Waals surface area (Å²) in [5.74, 6) is -0.880. The fraction of sp³-hybridized carbons (Fsp3) is 0.143. The molecule has 0 saturated carbocycles. The predicted octanol–water partition coefficient (Wildman–Crippen LogP) is 1.06. The van der Waals surface area contributed by atoms with Crippen molar-refractivity contribution in [2.75, 3.05) is 5.94 Å². The molecule has 0 saturated heterocycles. The lowest BCUT2D eigenvalue weighted by Gasteiger charge is -1.99. The van der Waals surface area contributed by atoms with Gasteiger partial charge in [0.2, 0.25) is 9.84 Å². The number of hydrogen-bond acceptors (Lipinski definition) is 3. The van der Waals surface area contributed by atoms with Gasteiger partial charge < -0.3 is 5.11 Å². The van der Waals surface area contributed by atoms with Crippen molar-refractivity contribution in [3.05, 3.63) is 29.3 Å². The molecular weight excluding hydrogens is 200 g/mol. The average Bonchev–Trinajstić information content (AvgIpc) is 2.05. The van der Waals surface area contributed by atoms with Crippen LogP contribution >= 0.6 is 11.6 Å². The van der Waals surface area contributed by atoms with Crippen molar-refractivity contribution in [3.8, 4) is 0 Å². The molecule has 12 heavy (non-hydrogen) atoms. The molecule has 0 aliphatic rings. The van der Waals surface area contributed by atoms with Gasteiger partial charge in [-0.25, -0.2) is 8.42 Å². The quantitative estimate of drug-likeness (QED) is 0.788. The van der Waals surface area contributed by atoms with Gasteiger partial charge in [-0.1, -0.05) is 11.6 Å². The Hall–Kier alpha value is -0.580. The van der Waals surface area contributed by atoms with Crippen molar-refractivity contribution in [3.63, 3.8) is 0 Å². The van der Waals surface area contributed by atoms with Crippen LogP contribution in [0, 0.1) is 0 Å². The number of aliphatic hydroxyl groups is 1. The van der Waals surface area contributed by atoms with Crippen molar-refractivity contribution in [2.45, 2.75) is 4.90 Å². The Labute approximate surface area is 75.5 Å². The third-order valence-electron chi connectivity index (χ3n) is 1.34. The SMILES string of the molecule is O=S(=O)(CO)c1ccc(Cl)cc1. The Bertz CT molecular complexity index is 355. The highest BCUT2D eigenvalue weighted by Crippen LogP contribution is 2.14. The normalized spacial score (nSPS) is 11.5. The van der Waals surface area contributed by atoms with E-state index in [1.54, 1.807) is 0 Å². The zero-order valence-corrected chi connectivity index (χ0v) is 7.64. The molecule has 0 radical (unpaired) electrons. The molecule has 0 amide bonds. The Kier molecular flexibility index (Phi) is 2.72. The predicted molar refractivity (Wildman–Crippen MR) is 45.7 cm³/mol. The molecule has 66 valence electrons. The van der Waals surface area contributed by atoms with Gasteiger partial charge in [0.05, 0.1) is 4.90 Å². The molecule has 0 heterocycles. The van der Waals surface area contributed by atoms with Gasteiger partial charge in [-0.2, -0.15) is 0 Å². The lowest BCUT2D eigenvalue weighted by molar-refractivity contribution is 0.358. The first-order chi connectivity index (χ1) is 5.56. The first-order valence-corrected chi connectivity index (χ1v) is 5.18. The number of hydrogen-bond donors (Lipinski definition) is 1. The fourth-order valence-corrected chi connectivity index (χ4v) is 1.54. The standard InChI is InChI=1S/C7H7ClO3S/c8-6-1-3-7(4-2-6)12(10,11)5-9/h1-4,9H,5H2. The van der Waals surface area contributed by atoms with E-state index in [1.807, 2.05) is 0 Å². The molecule has 5 heteroatoms. The molecule has 1 rings (SSSR count). The van der Waals surface area contributed by atoms with Gasteiger partial charge in [0, 0.05) is 5.02 Å². The topological polar surface area (TPSA) is 54.4 Å². The van der Waals surface area contributed by atoms with Gasteiger partial charge in [-0.15, -0.1) is 0 Å².